The van der Waals surface area contributed by atoms with E-state index in [1.807, 2.05) is 32.9 Å². The molecule has 0 atom stereocenters. The van der Waals surface area contributed by atoms with E-state index in [1.54, 1.807) is 17.0 Å². The van der Waals surface area contributed by atoms with Crippen LogP contribution >= 0.6 is 0 Å². The first-order chi connectivity index (χ1) is 9.82. The number of β-amino-alcohol motifs (C(OH)–C–C–N with tert-alkyl or cyclic N) is 1. The highest BCUT2D eigenvalue weighted by Crippen LogP contribution is 2.28. The van der Waals surface area contributed by atoms with Crippen molar-refractivity contribution >= 4 is 11.8 Å². The molecule has 5 nitrogen and oxygen atoms in total. The monoisotopic (exact) mass is 290 g/mol. The molecule has 2 rings (SSSR count). The van der Waals surface area contributed by atoms with E-state index in [1.165, 1.54) is 0 Å². The zero-order chi connectivity index (χ0) is 15.6. The predicted octanol–water partition coefficient (Wildman–Crippen LogP) is 0.954. The topological polar surface area (TPSA) is 69.6 Å². The van der Waals surface area contributed by atoms with Crippen molar-refractivity contribution in [1.82, 2.24) is 10.2 Å². The molecule has 0 unspecified atom stereocenters. The number of rotatable bonds is 4. The molecule has 1 aromatic carbocycles. The minimum absolute atomic E-state index is 0.0407. The van der Waals surface area contributed by atoms with E-state index in [9.17, 15) is 14.7 Å². The molecular formula is C16H22N2O3. The van der Waals surface area contributed by atoms with Crippen LogP contribution in [0.25, 0.3) is 0 Å². The third-order valence-electron chi connectivity index (χ3n) is 4.04. The van der Waals surface area contributed by atoms with Crippen molar-refractivity contribution in [3.63, 3.8) is 0 Å². The van der Waals surface area contributed by atoms with Crippen LogP contribution in [0.2, 0.25) is 0 Å². The van der Waals surface area contributed by atoms with Crippen molar-refractivity contribution in [3.05, 3.63) is 35.4 Å². The van der Waals surface area contributed by atoms with Crippen molar-refractivity contribution in [1.29, 1.82) is 0 Å². The SMILES string of the molecule is Cc1cccc(C(=O)NCC(=O)N2CC(O)(C(C)C)C2)c1. The number of hydrogen-bond acceptors (Lipinski definition) is 3. The van der Waals surface area contributed by atoms with Crippen LogP contribution in [-0.4, -0.2) is 47.1 Å². The first kappa shape index (κ1) is 15.5. The van der Waals surface area contributed by atoms with Gasteiger partial charge in [0.05, 0.1) is 19.6 Å². The second-order valence-corrected chi connectivity index (χ2v) is 6.06. The Morgan fingerprint density at radius 2 is 2.05 bits per heavy atom. The maximum atomic E-state index is 11.9. The molecule has 1 heterocycles. The standard InChI is InChI=1S/C16H22N2O3/c1-11(2)16(21)9-18(10-16)14(19)8-17-15(20)13-6-4-5-12(3)7-13/h4-7,11,21H,8-10H2,1-3H3,(H,17,20). The van der Waals surface area contributed by atoms with Gasteiger partial charge >= 0.3 is 0 Å². The third-order valence-corrected chi connectivity index (χ3v) is 4.04. The minimum atomic E-state index is -0.782. The quantitative estimate of drug-likeness (QED) is 0.867. The number of aliphatic hydroxyl groups is 1. The predicted molar refractivity (Wildman–Crippen MR) is 79.9 cm³/mol. The molecule has 0 spiro atoms. The van der Waals surface area contributed by atoms with Gasteiger partial charge in [-0.05, 0) is 25.0 Å². The number of likely N-dealkylation sites (tertiary alicyclic amines) is 1. The Balaban J connectivity index is 1.82. The van der Waals surface area contributed by atoms with Crippen molar-refractivity contribution in [3.8, 4) is 0 Å². The average molecular weight is 290 g/mol. The fourth-order valence-electron chi connectivity index (χ4n) is 2.31. The molecule has 0 aliphatic carbocycles. The lowest BCUT2D eigenvalue weighted by atomic mass is 9.83. The van der Waals surface area contributed by atoms with E-state index in [0.717, 1.165) is 5.56 Å². The zero-order valence-electron chi connectivity index (χ0n) is 12.7. The van der Waals surface area contributed by atoms with Crippen LogP contribution in [-0.2, 0) is 4.79 Å². The molecule has 0 aromatic heterocycles. The molecule has 1 fully saturated rings. The Labute approximate surface area is 125 Å². The highest BCUT2D eigenvalue weighted by atomic mass is 16.3. The van der Waals surface area contributed by atoms with Crippen molar-refractivity contribution in [2.45, 2.75) is 26.4 Å². The van der Waals surface area contributed by atoms with Gasteiger partial charge < -0.3 is 15.3 Å². The summed E-state index contributed by atoms with van der Waals surface area (Å²) in [6.45, 7) is 6.41. The molecule has 0 bridgehead atoms. The van der Waals surface area contributed by atoms with Crippen LogP contribution < -0.4 is 5.32 Å². The van der Waals surface area contributed by atoms with E-state index in [0.29, 0.717) is 18.7 Å². The molecular weight excluding hydrogens is 268 g/mol. The van der Waals surface area contributed by atoms with Gasteiger partial charge in [0.2, 0.25) is 5.91 Å². The number of benzene rings is 1. The van der Waals surface area contributed by atoms with Gasteiger partial charge in [-0.2, -0.15) is 0 Å². The van der Waals surface area contributed by atoms with Gasteiger partial charge in [0, 0.05) is 5.56 Å². The highest BCUT2D eigenvalue weighted by molar-refractivity contribution is 5.96. The smallest absolute Gasteiger partial charge is 0.251 e. The second kappa shape index (κ2) is 5.85. The molecule has 2 N–H and O–H groups in total. The summed E-state index contributed by atoms with van der Waals surface area (Å²) in [4.78, 5) is 25.4. The van der Waals surface area contributed by atoms with Crippen LogP contribution in [0.15, 0.2) is 24.3 Å². The van der Waals surface area contributed by atoms with Gasteiger partial charge in [0.1, 0.15) is 5.60 Å². The maximum absolute atomic E-state index is 11.9. The lowest BCUT2D eigenvalue weighted by Crippen LogP contribution is -2.67. The van der Waals surface area contributed by atoms with Gasteiger partial charge in [-0.1, -0.05) is 31.5 Å². The van der Waals surface area contributed by atoms with Crippen molar-refractivity contribution in [2.75, 3.05) is 19.6 Å². The summed E-state index contributed by atoms with van der Waals surface area (Å²) in [6.07, 6.45) is 0. The lowest BCUT2D eigenvalue weighted by Gasteiger charge is -2.49. The summed E-state index contributed by atoms with van der Waals surface area (Å²) in [7, 11) is 0. The van der Waals surface area contributed by atoms with E-state index < -0.39 is 5.60 Å². The number of amides is 2. The molecule has 1 aromatic rings. The van der Waals surface area contributed by atoms with Crippen LogP contribution in [0.4, 0.5) is 0 Å². The summed E-state index contributed by atoms with van der Waals surface area (Å²) in [6, 6.07) is 7.22. The Morgan fingerprint density at radius 3 is 2.62 bits per heavy atom. The molecule has 0 saturated carbocycles. The number of nitrogens with one attached hydrogen (secondary N) is 1. The first-order valence-electron chi connectivity index (χ1n) is 7.17. The van der Waals surface area contributed by atoms with Crippen molar-refractivity contribution in [2.24, 2.45) is 5.92 Å². The largest absolute Gasteiger partial charge is 0.386 e. The van der Waals surface area contributed by atoms with Gasteiger partial charge in [0.15, 0.2) is 0 Å². The number of carbonyl (C=O) groups excluding carboxylic acids is 2. The summed E-state index contributed by atoms with van der Waals surface area (Å²) < 4.78 is 0. The fourth-order valence-corrected chi connectivity index (χ4v) is 2.31. The molecule has 1 saturated heterocycles. The third kappa shape index (κ3) is 3.42. The van der Waals surface area contributed by atoms with Crippen LogP contribution in [0.3, 0.4) is 0 Å². The summed E-state index contributed by atoms with van der Waals surface area (Å²) in [5.74, 6) is -0.309. The fraction of sp³-hybridized carbons (Fsp3) is 0.500. The van der Waals surface area contributed by atoms with E-state index in [4.69, 9.17) is 0 Å². The van der Waals surface area contributed by atoms with E-state index in [2.05, 4.69) is 5.32 Å². The normalized spacial score (nSPS) is 16.5. The van der Waals surface area contributed by atoms with Crippen LogP contribution in [0.5, 0.6) is 0 Å². The highest BCUT2D eigenvalue weighted by Gasteiger charge is 2.45. The summed E-state index contributed by atoms with van der Waals surface area (Å²) in [5, 5.41) is 12.7. The Morgan fingerprint density at radius 1 is 1.38 bits per heavy atom. The van der Waals surface area contributed by atoms with Gasteiger partial charge in [-0.25, -0.2) is 0 Å². The Hall–Kier alpha value is -1.88. The van der Waals surface area contributed by atoms with Gasteiger partial charge in [0.25, 0.3) is 5.91 Å². The first-order valence-corrected chi connectivity index (χ1v) is 7.17. The van der Waals surface area contributed by atoms with Gasteiger partial charge in [-0.3, -0.25) is 9.59 Å². The number of aryl methyl sites for hydroxylation is 1. The number of carbonyl (C=O) groups is 2. The minimum Gasteiger partial charge on any atom is -0.386 e. The number of hydrogen-bond donors (Lipinski definition) is 2. The maximum Gasteiger partial charge on any atom is 0.251 e. The van der Waals surface area contributed by atoms with Crippen LogP contribution in [0, 0.1) is 12.8 Å². The summed E-state index contributed by atoms with van der Waals surface area (Å²) in [5.41, 5.74) is 0.764. The molecule has 114 valence electrons. The molecule has 1 aliphatic heterocycles. The van der Waals surface area contributed by atoms with E-state index in [-0.39, 0.29) is 24.3 Å². The second-order valence-electron chi connectivity index (χ2n) is 6.06. The Bertz CT molecular complexity index is 548. The molecule has 1 aliphatic rings. The molecule has 2 amide bonds. The van der Waals surface area contributed by atoms with Gasteiger partial charge in [-0.15, -0.1) is 0 Å². The van der Waals surface area contributed by atoms with Crippen LogP contribution in [0.1, 0.15) is 29.8 Å². The molecule has 5 heteroatoms. The van der Waals surface area contributed by atoms with Crippen molar-refractivity contribution < 1.29 is 14.7 Å². The zero-order valence-corrected chi connectivity index (χ0v) is 12.7. The summed E-state index contributed by atoms with van der Waals surface area (Å²) >= 11 is 0. The van der Waals surface area contributed by atoms with E-state index >= 15 is 0 Å². The average Bonchev–Trinajstić information content (AvgIpc) is 2.40. The molecule has 21 heavy (non-hydrogen) atoms. The molecule has 0 radical (unpaired) electrons. The lowest BCUT2D eigenvalue weighted by molar-refractivity contribution is -0.162. The Kier molecular flexibility index (Phi) is 4.32. The number of nitrogens with zero attached hydrogens (tertiary/aromatic N) is 1.